The lowest BCUT2D eigenvalue weighted by Crippen LogP contribution is -2.38. The van der Waals surface area contributed by atoms with E-state index in [0.29, 0.717) is 5.69 Å². The molecule has 0 aliphatic carbocycles. The molecule has 0 spiro atoms. The molecule has 0 fully saturated rings. The molecule has 0 saturated carbocycles. The fraction of sp³-hybridized carbons (Fsp3) is 0. The van der Waals surface area contributed by atoms with Crippen molar-refractivity contribution in [3.05, 3.63) is 30.1 Å². The van der Waals surface area contributed by atoms with Crippen LogP contribution in [0.3, 0.4) is 0 Å². The number of aliphatic imine (C=N–C) groups is 2. The molecule has 1 aromatic rings. The van der Waals surface area contributed by atoms with Crippen molar-refractivity contribution in [3.63, 3.8) is 0 Å². The van der Waals surface area contributed by atoms with Crippen LogP contribution in [0.5, 0.6) is 0 Å². The van der Waals surface area contributed by atoms with Gasteiger partial charge in [-0.3, -0.25) is 5.43 Å². The standard InChI is InChI=1S/C8H11FN6.ClH/c9-5-1-3-6(4-2-5)13-7(10)14-8(11)15-12;/h1-4H,12H2,(H5,10,11,13,14,15);1H. The third-order valence-electron chi connectivity index (χ3n) is 1.45. The molecule has 7 N–H and O–H groups in total. The highest BCUT2D eigenvalue weighted by Gasteiger charge is 1.94. The second-order valence-electron chi connectivity index (χ2n) is 2.59. The maximum Gasteiger partial charge on any atom is 0.223 e. The average Bonchev–Trinajstić information content (AvgIpc) is 2.21. The summed E-state index contributed by atoms with van der Waals surface area (Å²) in [4.78, 5) is 7.46. The van der Waals surface area contributed by atoms with Crippen LogP contribution in [0.25, 0.3) is 0 Å². The third-order valence-corrected chi connectivity index (χ3v) is 1.45. The Morgan fingerprint density at radius 2 is 1.75 bits per heavy atom. The van der Waals surface area contributed by atoms with Gasteiger partial charge < -0.3 is 11.5 Å². The number of nitrogens with one attached hydrogen (secondary N) is 1. The maximum atomic E-state index is 12.5. The Morgan fingerprint density at radius 3 is 2.25 bits per heavy atom. The van der Waals surface area contributed by atoms with Crippen molar-refractivity contribution >= 4 is 30.0 Å². The van der Waals surface area contributed by atoms with Gasteiger partial charge >= 0.3 is 0 Å². The molecule has 88 valence electrons. The van der Waals surface area contributed by atoms with Gasteiger partial charge in [0, 0.05) is 0 Å². The Bertz CT molecular complexity index is 388. The van der Waals surface area contributed by atoms with E-state index in [-0.39, 0.29) is 30.1 Å². The number of nitrogens with zero attached hydrogens (tertiary/aromatic N) is 2. The molecule has 0 aromatic heterocycles. The lowest BCUT2D eigenvalue weighted by atomic mass is 10.3. The molecular weight excluding hydrogens is 235 g/mol. The molecule has 6 nitrogen and oxygen atoms in total. The quantitative estimate of drug-likeness (QED) is 0.241. The highest BCUT2D eigenvalue weighted by molar-refractivity contribution is 5.94. The molecule has 0 amide bonds. The summed E-state index contributed by atoms with van der Waals surface area (Å²) in [6.07, 6.45) is 0. The third kappa shape index (κ3) is 4.58. The minimum Gasteiger partial charge on any atom is -0.368 e. The van der Waals surface area contributed by atoms with E-state index in [1.165, 1.54) is 24.3 Å². The van der Waals surface area contributed by atoms with Crippen LogP contribution < -0.4 is 22.7 Å². The fourth-order valence-corrected chi connectivity index (χ4v) is 0.829. The monoisotopic (exact) mass is 246 g/mol. The number of hydrazine groups is 1. The minimum absolute atomic E-state index is 0. The van der Waals surface area contributed by atoms with Crippen molar-refractivity contribution in [3.8, 4) is 0 Å². The van der Waals surface area contributed by atoms with Gasteiger partial charge in [-0.05, 0) is 24.3 Å². The number of hydrogen-bond acceptors (Lipinski definition) is 2. The summed E-state index contributed by atoms with van der Waals surface area (Å²) in [5.74, 6) is 4.49. The number of rotatable bonds is 1. The molecule has 0 unspecified atom stereocenters. The Morgan fingerprint density at radius 1 is 1.19 bits per heavy atom. The zero-order chi connectivity index (χ0) is 11.3. The van der Waals surface area contributed by atoms with E-state index in [1.54, 1.807) is 0 Å². The molecule has 0 aliphatic heterocycles. The van der Waals surface area contributed by atoms with Crippen molar-refractivity contribution in [2.75, 3.05) is 0 Å². The lowest BCUT2D eigenvalue weighted by molar-refractivity contribution is 0.628. The van der Waals surface area contributed by atoms with E-state index in [0.717, 1.165) is 0 Å². The molecule has 0 heterocycles. The van der Waals surface area contributed by atoms with Crippen molar-refractivity contribution in [2.24, 2.45) is 27.3 Å². The van der Waals surface area contributed by atoms with E-state index in [9.17, 15) is 4.39 Å². The van der Waals surface area contributed by atoms with E-state index in [2.05, 4.69) is 15.4 Å². The maximum absolute atomic E-state index is 12.5. The minimum atomic E-state index is -0.348. The lowest BCUT2D eigenvalue weighted by Gasteiger charge is -1.98. The van der Waals surface area contributed by atoms with Crippen LogP contribution in [0.4, 0.5) is 10.1 Å². The molecule has 16 heavy (non-hydrogen) atoms. The molecule has 1 aromatic carbocycles. The predicted octanol–water partition coefficient (Wildman–Crippen LogP) is -0.0283. The Hall–Kier alpha value is -1.86. The highest BCUT2D eigenvalue weighted by atomic mass is 35.5. The van der Waals surface area contributed by atoms with E-state index < -0.39 is 0 Å². The summed E-state index contributed by atoms with van der Waals surface area (Å²) >= 11 is 0. The van der Waals surface area contributed by atoms with Crippen LogP contribution in [-0.4, -0.2) is 11.9 Å². The van der Waals surface area contributed by atoms with Gasteiger partial charge in [0.2, 0.25) is 11.9 Å². The number of benzene rings is 1. The van der Waals surface area contributed by atoms with Crippen LogP contribution in [-0.2, 0) is 0 Å². The number of halogens is 2. The molecule has 0 atom stereocenters. The van der Waals surface area contributed by atoms with E-state index in [4.69, 9.17) is 17.3 Å². The molecule has 0 bridgehead atoms. The Balaban J connectivity index is 0.00000225. The first kappa shape index (κ1) is 14.1. The Kier molecular flexibility index (Phi) is 5.83. The number of guanidine groups is 2. The molecule has 0 saturated heterocycles. The first-order valence-electron chi connectivity index (χ1n) is 4.02. The van der Waals surface area contributed by atoms with Gasteiger partial charge in [-0.15, -0.1) is 12.4 Å². The fourth-order valence-electron chi connectivity index (χ4n) is 0.829. The second-order valence-corrected chi connectivity index (χ2v) is 2.59. The summed E-state index contributed by atoms with van der Waals surface area (Å²) in [7, 11) is 0. The van der Waals surface area contributed by atoms with Crippen molar-refractivity contribution in [1.29, 1.82) is 0 Å². The normalized spacial score (nSPS) is 11.9. The molecular formula is C8H12ClFN6. The van der Waals surface area contributed by atoms with Gasteiger partial charge in [0.15, 0.2) is 0 Å². The van der Waals surface area contributed by atoms with Gasteiger partial charge in [-0.1, -0.05) is 0 Å². The first-order valence-corrected chi connectivity index (χ1v) is 4.02. The summed E-state index contributed by atoms with van der Waals surface area (Å²) < 4.78 is 12.5. The number of hydrogen-bond donors (Lipinski definition) is 4. The van der Waals surface area contributed by atoms with Gasteiger partial charge in [-0.25, -0.2) is 15.2 Å². The average molecular weight is 247 g/mol. The van der Waals surface area contributed by atoms with Gasteiger partial charge in [0.1, 0.15) is 5.82 Å². The molecule has 0 aliphatic rings. The van der Waals surface area contributed by atoms with E-state index in [1.807, 2.05) is 0 Å². The summed E-state index contributed by atoms with van der Waals surface area (Å²) in [6, 6.07) is 5.45. The molecule has 1 rings (SSSR count). The van der Waals surface area contributed by atoms with Gasteiger partial charge in [0.25, 0.3) is 0 Å². The zero-order valence-electron chi connectivity index (χ0n) is 8.22. The predicted molar refractivity (Wildman–Crippen MR) is 63.9 cm³/mol. The SMILES string of the molecule is Cl.NN/C(N)=N/C(N)=Nc1ccc(F)cc1. The second kappa shape index (κ2) is 6.59. The van der Waals surface area contributed by atoms with Crippen molar-refractivity contribution < 1.29 is 4.39 Å². The van der Waals surface area contributed by atoms with Gasteiger partial charge in [-0.2, -0.15) is 4.99 Å². The van der Waals surface area contributed by atoms with Crippen LogP contribution in [0, 0.1) is 5.82 Å². The number of nitrogens with two attached hydrogens (primary N) is 3. The van der Waals surface area contributed by atoms with E-state index >= 15 is 0 Å². The van der Waals surface area contributed by atoms with Crippen LogP contribution >= 0.6 is 12.4 Å². The van der Waals surface area contributed by atoms with Crippen molar-refractivity contribution in [1.82, 2.24) is 5.43 Å². The Labute approximate surface area is 97.8 Å². The molecule has 0 radical (unpaired) electrons. The van der Waals surface area contributed by atoms with Crippen LogP contribution in [0.2, 0.25) is 0 Å². The van der Waals surface area contributed by atoms with Crippen molar-refractivity contribution in [2.45, 2.75) is 0 Å². The summed E-state index contributed by atoms with van der Waals surface area (Å²) in [5, 5.41) is 0. The molecule has 8 heteroatoms. The zero-order valence-corrected chi connectivity index (χ0v) is 9.04. The van der Waals surface area contributed by atoms with Gasteiger partial charge in [0.05, 0.1) is 5.69 Å². The van der Waals surface area contributed by atoms with Crippen LogP contribution in [0.1, 0.15) is 0 Å². The summed E-state index contributed by atoms with van der Waals surface area (Å²) in [6.45, 7) is 0. The van der Waals surface area contributed by atoms with Crippen LogP contribution in [0.15, 0.2) is 34.3 Å². The largest absolute Gasteiger partial charge is 0.368 e. The topological polar surface area (TPSA) is 115 Å². The summed E-state index contributed by atoms with van der Waals surface area (Å²) in [5.41, 5.74) is 13.2. The first-order chi connectivity index (χ1) is 7.11. The smallest absolute Gasteiger partial charge is 0.223 e. The highest BCUT2D eigenvalue weighted by Crippen LogP contribution is 2.11.